The van der Waals surface area contributed by atoms with E-state index < -0.39 is 30.1 Å². The van der Waals surface area contributed by atoms with Gasteiger partial charge in [-0.1, -0.05) is 36.4 Å². The van der Waals surface area contributed by atoms with E-state index >= 15 is 0 Å². The van der Waals surface area contributed by atoms with Crippen LogP contribution in [0, 0.1) is 0 Å². The van der Waals surface area contributed by atoms with Gasteiger partial charge >= 0.3 is 11.9 Å². The summed E-state index contributed by atoms with van der Waals surface area (Å²) in [7, 11) is 5.42. The van der Waals surface area contributed by atoms with Gasteiger partial charge in [-0.05, 0) is 53.1 Å². The van der Waals surface area contributed by atoms with E-state index in [1.807, 2.05) is 73.3 Å². The number of aryl methyl sites for hydroxylation is 3. The summed E-state index contributed by atoms with van der Waals surface area (Å²) in [4.78, 5) is 122. The number of aromatic amines is 4. The van der Waals surface area contributed by atoms with Gasteiger partial charge in [-0.3, -0.25) is 63.5 Å². The van der Waals surface area contributed by atoms with Crippen LogP contribution in [0.4, 0.5) is 0 Å². The van der Waals surface area contributed by atoms with Crippen molar-refractivity contribution in [3.05, 3.63) is 208 Å². The zero-order valence-corrected chi connectivity index (χ0v) is 63.3. The summed E-state index contributed by atoms with van der Waals surface area (Å²) in [5.74, 6) is -2.04. The Bertz CT molecular complexity index is 6950. The fourth-order valence-corrected chi connectivity index (χ4v) is 16.7. The maximum Gasteiger partial charge on any atom is 0.310 e. The SMILES string of the molecule is CC(=O)NC(c1ccn(C(C)=O)n1)c1nc2c(s1)c1cnn(Cc3cccc4c3cnn4C(C)=O)c(=O)c1n2C.CC(=O)NC(c1ccn[nH]1)c1nc2c(s1)c1cnn(Cc3cccc4[nH]ncc34)c(=O)c1n2C.CC(=O)OC(C)=O.Cn1c2nc(C(N)c3ccn[nH]3)sc2c2cnn(Cc3cccc4[nH]ncc34)c(=O)c21.[HH].[HH]. The molecule has 37 nitrogen and oxygen atoms in total. The van der Waals surface area contributed by atoms with Crippen LogP contribution < -0.4 is 33.0 Å². The average molecular weight is 1570 g/mol. The first kappa shape index (κ1) is 73.5. The number of benzene rings is 3. The Kier molecular flexibility index (Phi) is 19.6. The number of ether oxygens (including phenoxy) is 1. The molecule has 40 heteroatoms. The van der Waals surface area contributed by atoms with Crippen molar-refractivity contribution in [1.82, 2.24) is 129 Å². The van der Waals surface area contributed by atoms with Gasteiger partial charge in [0.2, 0.25) is 23.6 Å². The first-order valence-corrected chi connectivity index (χ1v) is 36.7. The maximum atomic E-state index is 13.6. The second kappa shape index (κ2) is 29.9. The van der Waals surface area contributed by atoms with E-state index in [9.17, 15) is 43.2 Å². The highest BCUT2D eigenvalue weighted by atomic mass is 32.1. The normalized spacial score (nSPS) is 12.3. The van der Waals surface area contributed by atoms with E-state index in [1.165, 1.54) is 105 Å². The number of H-pyrrole nitrogens is 4. The Balaban J connectivity index is 0.000000143. The number of esters is 2. The molecule has 570 valence electrons. The fourth-order valence-electron chi connectivity index (χ4n) is 13.3. The number of nitrogens with one attached hydrogen (secondary N) is 6. The van der Waals surface area contributed by atoms with Crippen molar-refractivity contribution in [3.63, 3.8) is 0 Å². The molecule has 3 atom stereocenters. The topological polar surface area (TPSA) is 470 Å². The minimum absolute atomic E-state index is 0. The van der Waals surface area contributed by atoms with E-state index in [-0.39, 0.29) is 49.7 Å². The van der Waals surface area contributed by atoms with E-state index in [2.05, 4.69) is 81.7 Å². The quantitative estimate of drug-likeness (QED) is 0.0413. The number of aromatic nitrogens is 24. The summed E-state index contributed by atoms with van der Waals surface area (Å²) in [5.41, 5.74) is 16.4. The van der Waals surface area contributed by atoms with Gasteiger partial charge in [-0.25, -0.2) is 38.4 Å². The highest BCUT2D eigenvalue weighted by molar-refractivity contribution is 7.20. The Morgan fingerprint density at radius 1 is 0.482 bits per heavy atom. The molecule has 0 bridgehead atoms. The molecule has 2 amide bonds. The smallest absolute Gasteiger partial charge is 0.310 e. The summed E-state index contributed by atoms with van der Waals surface area (Å²) in [5, 5.41) is 62.3. The number of amides is 2. The van der Waals surface area contributed by atoms with Crippen LogP contribution in [-0.2, 0) is 64.7 Å². The number of carbonyl (C=O) groups excluding carboxylic acids is 6. The highest BCUT2D eigenvalue weighted by Gasteiger charge is 2.29. The van der Waals surface area contributed by atoms with Gasteiger partial charge in [-0.2, -0.15) is 45.9 Å². The van der Waals surface area contributed by atoms with E-state index in [1.54, 1.807) is 84.0 Å². The third-order valence-corrected chi connectivity index (χ3v) is 21.8. The van der Waals surface area contributed by atoms with Crippen LogP contribution in [0.1, 0.15) is 121 Å². The fraction of sp³-hybridized carbons (Fsp3) is 0.208. The molecule has 0 aliphatic heterocycles. The molecular weight excluding hydrogens is 1500 g/mol. The first-order chi connectivity index (χ1) is 53.9. The lowest BCUT2D eigenvalue weighted by atomic mass is 10.1. The van der Waals surface area contributed by atoms with Crippen LogP contribution in [0.5, 0.6) is 0 Å². The van der Waals surface area contributed by atoms with Gasteiger partial charge < -0.3 is 34.8 Å². The third kappa shape index (κ3) is 13.8. The largest absolute Gasteiger partial charge is 0.394 e. The van der Waals surface area contributed by atoms with Crippen molar-refractivity contribution < 1.29 is 36.4 Å². The molecule has 0 aliphatic carbocycles. The van der Waals surface area contributed by atoms with E-state index in [0.717, 1.165) is 90.8 Å². The van der Waals surface area contributed by atoms with Gasteiger partial charge in [0.05, 0.1) is 111 Å². The average Bonchev–Trinajstić information content (AvgIpc) is 1.59. The number of hydrogen-bond donors (Lipinski definition) is 7. The summed E-state index contributed by atoms with van der Waals surface area (Å²) in [6.45, 7) is 8.93. The number of thiazole rings is 3. The van der Waals surface area contributed by atoms with Gasteiger partial charge in [0.15, 0.2) is 16.9 Å². The molecule has 8 N–H and O–H groups in total. The summed E-state index contributed by atoms with van der Waals surface area (Å²) < 4.78 is 18.6. The molecule has 15 heterocycles. The second-order valence-corrected chi connectivity index (χ2v) is 29.0. The van der Waals surface area contributed by atoms with E-state index in [4.69, 9.17) is 20.7 Å². The van der Waals surface area contributed by atoms with Gasteiger partial charge in [-0.15, -0.1) is 34.0 Å². The van der Waals surface area contributed by atoms with Gasteiger partial charge in [0, 0.05) is 116 Å². The molecule has 0 saturated heterocycles. The summed E-state index contributed by atoms with van der Waals surface area (Å²) in [6, 6.07) is 20.9. The lowest BCUT2D eigenvalue weighted by Gasteiger charge is -2.13. The summed E-state index contributed by atoms with van der Waals surface area (Å²) in [6.07, 6.45) is 15.0. The van der Waals surface area contributed by atoms with Crippen molar-refractivity contribution in [1.29, 1.82) is 0 Å². The standard InChI is InChI=1S/C26H23N9O4S.C22H19N9O2S.C20H17N9OS.C4H6O3.2H2/c1-13(36)29-21(19-8-9-33(31-19)14(2)37)25-30-24-23(40-25)18-11-27-34(26(39)22(18)32(24)4)12-16-6-5-7-20-17(16)10-28-35(20)15(3)38;1-11(32)26-17(16-6-7-23-29-16)21-27-20-19(34-21)14-9-25-31(22(33)18(14)30(20)2)10-12-4-3-5-15-13(12)8-24-28-15;1-28-16-12(17-18(28)25-19(31-17)15(21)14-5-6-22-27-14)8-24-29(20(16)30)9-10-3-2-4-13-11(10)7-23-26-13;1-3(5)7-4(2)6;;/h5-11,21H,12H2,1-4H3,(H,29,36);3-9,17H,10H2,1-2H3,(H,23,29)(H,24,28)(H,26,32);2-8,15H,9,21H2,1H3,(H,22,27)(H,23,26);1-2H3;2*1H. The molecule has 18 aromatic rings. The van der Waals surface area contributed by atoms with Crippen LogP contribution in [-0.4, -0.2) is 154 Å². The summed E-state index contributed by atoms with van der Waals surface area (Å²) >= 11 is 4.22. The van der Waals surface area contributed by atoms with E-state index in [0.29, 0.717) is 67.5 Å². The number of nitrogens with zero attached hydrogens (tertiary/aromatic N) is 20. The van der Waals surface area contributed by atoms with Gasteiger partial charge in [0.25, 0.3) is 16.7 Å². The van der Waals surface area contributed by atoms with Crippen LogP contribution >= 0.6 is 34.0 Å². The third-order valence-electron chi connectivity index (χ3n) is 18.4. The van der Waals surface area contributed by atoms with Crippen LogP contribution in [0.25, 0.3) is 96.5 Å². The number of rotatable bonds is 14. The highest BCUT2D eigenvalue weighted by Crippen LogP contribution is 2.38. The minimum atomic E-state index is -0.671. The van der Waals surface area contributed by atoms with Crippen LogP contribution in [0.3, 0.4) is 0 Å². The zero-order valence-electron chi connectivity index (χ0n) is 60.8. The van der Waals surface area contributed by atoms with Crippen LogP contribution in [0.15, 0.2) is 143 Å². The predicted molar refractivity (Wildman–Crippen MR) is 420 cm³/mol. The lowest BCUT2D eigenvalue weighted by molar-refractivity contribution is -0.156. The van der Waals surface area contributed by atoms with Crippen molar-refractivity contribution >= 4 is 166 Å². The molecule has 18 rings (SSSR count). The molecule has 0 radical (unpaired) electrons. The zero-order chi connectivity index (χ0) is 78.7. The lowest BCUT2D eigenvalue weighted by Crippen LogP contribution is -2.27. The molecule has 0 aliphatic rings. The number of carbonyl (C=O) groups is 6. The number of fused-ring (bicyclic) bond motifs is 12. The predicted octanol–water partition coefficient (Wildman–Crippen LogP) is 7.33. The molecule has 0 fully saturated rings. The monoisotopic (exact) mass is 1570 g/mol. The molecule has 3 aromatic carbocycles. The van der Waals surface area contributed by atoms with Crippen molar-refractivity contribution in [2.45, 2.75) is 79.3 Å². The maximum absolute atomic E-state index is 13.6. The van der Waals surface area contributed by atoms with Crippen LogP contribution in [0.2, 0.25) is 0 Å². The molecule has 112 heavy (non-hydrogen) atoms. The molecule has 0 saturated carbocycles. The molecule has 0 spiro atoms. The Hall–Kier alpha value is -14.0. The Morgan fingerprint density at radius 2 is 0.911 bits per heavy atom. The minimum Gasteiger partial charge on any atom is -0.394 e. The Labute approximate surface area is 642 Å². The van der Waals surface area contributed by atoms with Gasteiger partial charge in [0.1, 0.15) is 43.7 Å². The van der Waals surface area contributed by atoms with Crippen molar-refractivity contribution in [3.8, 4) is 0 Å². The number of hydrogen-bond acceptors (Lipinski definition) is 26. The second-order valence-electron chi connectivity index (χ2n) is 25.9. The van der Waals surface area contributed by atoms with Crippen molar-refractivity contribution in [2.75, 3.05) is 0 Å². The number of nitrogens with two attached hydrogens (primary N) is 1. The molecule has 15 aromatic heterocycles. The molecule has 3 unspecified atom stereocenters. The first-order valence-electron chi connectivity index (χ1n) is 34.3. The Morgan fingerprint density at radius 3 is 1.34 bits per heavy atom. The van der Waals surface area contributed by atoms with Crippen molar-refractivity contribution in [2.24, 2.45) is 26.9 Å². The molecular formula is C72H69N27O10S3.